The molecule has 0 amide bonds. The van der Waals surface area contributed by atoms with Gasteiger partial charge in [0.05, 0.1) is 22.4 Å². The first-order valence-electron chi connectivity index (χ1n) is 6.86. The number of hydrogen-bond acceptors (Lipinski definition) is 4. The molecule has 1 unspecified atom stereocenters. The molecule has 0 aliphatic carbocycles. The lowest BCUT2D eigenvalue weighted by molar-refractivity contribution is 0.470. The van der Waals surface area contributed by atoms with Gasteiger partial charge in [0.1, 0.15) is 6.33 Å². The van der Waals surface area contributed by atoms with E-state index in [4.69, 9.17) is 0 Å². The second kappa shape index (κ2) is 6.95. The van der Waals surface area contributed by atoms with E-state index in [2.05, 4.69) is 57.1 Å². The Morgan fingerprint density at radius 3 is 2.55 bits per heavy atom. The summed E-state index contributed by atoms with van der Waals surface area (Å²) in [4.78, 5) is 8.26. The highest BCUT2D eigenvalue weighted by atomic mass is 79.9. The van der Waals surface area contributed by atoms with Crippen molar-refractivity contribution in [3.05, 3.63) is 40.6 Å². The Labute approximate surface area is 128 Å². The van der Waals surface area contributed by atoms with Crippen LogP contribution in [0.3, 0.4) is 0 Å². The van der Waals surface area contributed by atoms with E-state index < -0.39 is 0 Å². The van der Waals surface area contributed by atoms with Crippen molar-refractivity contribution in [3.63, 3.8) is 0 Å². The van der Waals surface area contributed by atoms with Crippen molar-refractivity contribution in [3.8, 4) is 0 Å². The SMILES string of the molecule is CCCNC(c1cncnc1)c1c(Br)cnn1C(C)C. The molecular weight excluding hydrogens is 318 g/mol. The van der Waals surface area contributed by atoms with E-state index >= 15 is 0 Å². The fourth-order valence-corrected chi connectivity index (χ4v) is 2.66. The highest BCUT2D eigenvalue weighted by Crippen LogP contribution is 2.29. The summed E-state index contributed by atoms with van der Waals surface area (Å²) < 4.78 is 3.04. The van der Waals surface area contributed by atoms with E-state index in [0.717, 1.165) is 28.7 Å². The Balaban J connectivity index is 2.44. The number of aromatic nitrogens is 4. The molecule has 6 heteroatoms. The fraction of sp³-hybridized carbons (Fsp3) is 0.500. The summed E-state index contributed by atoms with van der Waals surface area (Å²) in [6, 6.07) is 0.335. The Bertz CT molecular complexity index is 538. The quantitative estimate of drug-likeness (QED) is 0.879. The van der Waals surface area contributed by atoms with E-state index in [0.29, 0.717) is 6.04 Å². The predicted octanol–water partition coefficient (Wildman–Crippen LogP) is 3.11. The average Bonchev–Trinajstić information content (AvgIpc) is 2.83. The van der Waals surface area contributed by atoms with Gasteiger partial charge in [-0.1, -0.05) is 6.92 Å². The van der Waals surface area contributed by atoms with Crippen molar-refractivity contribution in [1.82, 2.24) is 25.1 Å². The first-order valence-corrected chi connectivity index (χ1v) is 7.65. The molecule has 5 nitrogen and oxygen atoms in total. The van der Waals surface area contributed by atoms with Gasteiger partial charge in [0.25, 0.3) is 0 Å². The molecule has 2 heterocycles. The summed E-state index contributed by atoms with van der Waals surface area (Å²) in [6.45, 7) is 7.33. The van der Waals surface area contributed by atoms with E-state index in [1.807, 2.05) is 23.3 Å². The lowest BCUT2D eigenvalue weighted by atomic mass is 10.1. The molecule has 0 aliphatic rings. The maximum absolute atomic E-state index is 4.46. The Morgan fingerprint density at radius 2 is 1.95 bits per heavy atom. The van der Waals surface area contributed by atoms with Crippen LogP contribution in [0.1, 0.15) is 50.5 Å². The smallest absolute Gasteiger partial charge is 0.115 e. The van der Waals surface area contributed by atoms with Crippen molar-refractivity contribution in [2.24, 2.45) is 0 Å². The van der Waals surface area contributed by atoms with E-state index in [1.165, 1.54) is 0 Å². The molecule has 0 saturated heterocycles. The van der Waals surface area contributed by atoms with Gasteiger partial charge in [-0.05, 0) is 42.7 Å². The summed E-state index contributed by atoms with van der Waals surface area (Å²) in [5.41, 5.74) is 2.16. The van der Waals surface area contributed by atoms with Gasteiger partial charge < -0.3 is 5.32 Å². The zero-order chi connectivity index (χ0) is 14.5. The highest BCUT2D eigenvalue weighted by molar-refractivity contribution is 9.10. The minimum Gasteiger partial charge on any atom is -0.305 e. The molecule has 0 fully saturated rings. The summed E-state index contributed by atoms with van der Waals surface area (Å²) in [7, 11) is 0. The van der Waals surface area contributed by atoms with Crippen LogP contribution in [-0.4, -0.2) is 26.3 Å². The zero-order valence-electron chi connectivity index (χ0n) is 12.0. The van der Waals surface area contributed by atoms with Crippen LogP contribution in [0, 0.1) is 0 Å². The van der Waals surface area contributed by atoms with Crippen LogP contribution in [0.15, 0.2) is 29.4 Å². The molecule has 108 valence electrons. The molecule has 1 atom stereocenters. The molecule has 0 saturated carbocycles. The van der Waals surface area contributed by atoms with Crippen molar-refractivity contribution < 1.29 is 0 Å². The molecule has 2 rings (SSSR count). The number of hydrogen-bond donors (Lipinski definition) is 1. The summed E-state index contributed by atoms with van der Waals surface area (Å²) in [5, 5.41) is 8.01. The first-order chi connectivity index (χ1) is 9.65. The predicted molar refractivity (Wildman–Crippen MR) is 82.5 cm³/mol. The van der Waals surface area contributed by atoms with Crippen molar-refractivity contribution >= 4 is 15.9 Å². The lowest BCUT2D eigenvalue weighted by Crippen LogP contribution is -2.27. The molecule has 0 bridgehead atoms. The summed E-state index contributed by atoms with van der Waals surface area (Å²) in [6.07, 6.45) is 8.17. The Hall–Kier alpha value is -1.27. The van der Waals surface area contributed by atoms with Crippen LogP contribution in [0.2, 0.25) is 0 Å². The van der Waals surface area contributed by atoms with E-state index in [1.54, 1.807) is 6.33 Å². The van der Waals surface area contributed by atoms with Gasteiger partial charge in [0.15, 0.2) is 0 Å². The largest absolute Gasteiger partial charge is 0.305 e. The standard InChI is InChI=1S/C14H20BrN5/c1-4-5-18-13(11-6-16-9-17-7-11)14-12(15)8-19-20(14)10(2)3/h6-10,13,18H,4-5H2,1-3H3. The highest BCUT2D eigenvalue weighted by Gasteiger charge is 2.23. The lowest BCUT2D eigenvalue weighted by Gasteiger charge is -2.22. The van der Waals surface area contributed by atoms with Gasteiger partial charge in [-0.25, -0.2) is 9.97 Å². The molecular formula is C14H20BrN5. The van der Waals surface area contributed by atoms with Crippen LogP contribution in [0.4, 0.5) is 0 Å². The molecule has 2 aromatic rings. The molecule has 0 spiro atoms. The van der Waals surface area contributed by atoms with Gasteiger partial charge in [-0.3, -0.25) is 4.68 Å². The second-order valence-electron chi connectivity index (χ2n) is 4.98. The van der Waals surface area contributed by atoms with Gasteiger partial charge >= 0.3 is 0 Å². The number of halogens is 1. The van der Waals surface area contributed by atoms with Crippen LogP contribution in [-0.2, 0) is 0 Å². The van der Waals surface area contributed by atoms with Crippen molar-refractivity contribution in [1.29, 1.82) is 0 Å². The average molecular weight is 338 g/mol. The van der Waals surface area contributed by atoms with Crippen LogP contribution < -0.4 is 5.32 Å². The first kappa shape index (κ1) is 15.1. The number of nitrogens with one attached hydrogen (secondary N) is 1. The minimum atomic E-state index is 0.0374. The van der Waals surface area contributed by atoms with E-state index in [9.17, 15) is 0 Å². The van der Waals surface area contributed by atoms with Crippen LogP contribution in [0.25, 0.3) is 0 Å². The molecule has 20 heavy (non-hydrogen) atoms. The van der Waals surface area contributed by atoms with Crippen molar-refractivity contribution in [2.75, 3.05) is 6.54 Å². The van der Waals surface area contributed by atoms with Crippen LogP contribution >= 0.6 is 15.9 Å². The summed E-state index contributed by atoms with van der Waals surface area (Å²) in [5.74, 6) is 0. The normalized spacial score (nSPS) is 12.8. The zero-order valence-corrected chi connectivity index (χ0v) is 13.6. The van der Waals surface area contributed by atoms with Gasteiger partial charge in [-0.15, -0.1) is 0 Å². The fourth-order valence-electron chi connectivity index (χ4n) is 2.15. The van der Waals surface area contributed by atoms with Gasteiger partial charge in [0, 0.05) is 24.0 Å². The van der Waals surface area contributed by atoms with E-state index in [-0.39, 0.29) is 6.04 Å². The third-order valence-corrected chi connectivity index (χ3v) is 3.67. The molecule has 1 N–H and O–H groups in total. The maximum Gasteiger partial charge on any atom is 0.115 e. The molecule has 2 aromatic heterocycles. The molecule has 0 aliphatic heterocycles. The van der Waals surface area contributed by atoms with Gasteiger partial charge in [0.2, 0.25) is 0 Å². The molecule has 0 aromatic carbocycles. The van der Waals surface area contributed by atoms with Crippen LogP contribution in [0.5, 0.6) is 0 Å². The second-order valence-corrected chi connectivity index (χ2v) is 5.83. The molecule has 0 radical (unpaired) electrons. The number of rotatable bonds is 6. The van der Waals surface area contributed by atoms with Crippen molar-refractivity contribution in [2.45, 2.75) is 39.3 Å². The maximum atomic E-state index is 4.46. The summed E-state index contributed by atoms with van der Waals surface area (Å²) >= 11 is 3.61. The third-order valence-electron chi connectivity index (χ3n) is 3.06. The topological polar surface area (TPSA) is 55.6 Å². The Morgan fingerprint density at radius 1 is 1.25 bits per heavy atom. The monoisotopic (exact) mass is 337 g/mol. The Kier molecular flexibility index (Phi) is 5.25. The number of nitrogens with zero attached hydrogens (tertiary/aromatic N) is 4. The third kappa shape index (κ3) is 3.24. The minimum absolute atomic E-state index is 0.0374. The van der Waals surface area contributed by atoms with Gasteiger partial charge in [-0.2, -0.15) is 5.10 Å².